The van der Waals surface area contributed by atoms with Crippen molar-refractivity contribution < 1.29 is 27.2 Å². The minimum atomic E-state index is -4.06. The summed E-state index contributed by atoms with van der Waals surface area (Å²) < 4.78 is 35.1. The van der Waals surface area contributed by atoms with Gasteiger partial charge in [0, 0.05) is 15.7 Å². The van der Waals surface area contributed by atoms with Crippen LogP contribution in [-0.4, -0.2) is 50.0 Å². The highest BCUT2D eigenvalue weighted by Crippen LogP contribution is 2.26. The number of sulfonamides is 1. The summed E-state index contributed by atoms with van der Waals surface area (Å²) in [6.45, 7) is 4.05. The SMILES string of the molecule is CC(C)CC[C@H](NS(=O)(=O)c1ccc(Cl)s1)C(=O)N[C@@H](Cc1ccc(I)cc1)C(=O)N[C@@H](CS)C(=O)NCc1ccco1. The van der Waals surface area contributed by atoms with E-state index in [9.17, 15) is 22.8 Å². The van der Waals surface area contributed by atoms with Gasteiger partial charge in [0.25, 0.3) is 10.0 Å². The van der Waals surface area contributed by atoms with Gasteiger partial charge >= 0.3 is 0 Å². The second-order valence-electron chi connectivity index (χ2n) is 10.1. The van der Waals surface area contributed by atoms with E-state index in [-0.39, 0.29) is 35.3 Å². The zero-order chi connectivity index (χ0) is 31.6. The Kier molecular flexibility index (Phi) is 13.8. The van der Waals surface area contributed by atoms with Crippen LogP contribution in [0.4, 0.5) is 0 Å². The van der Waals surface area contributed by atoms with Crippen LogP contribution in [0.5, 0.6) is 0 Å². The molecule has 0 aliphatic carbocycles. The van der Waals surface area contributed by atoms with Crippen molar-refractivity contribution in [3.05, 3.63) is 74.0 Å². The number of hydrogen-bond acceptors (Lipinski definition) is 8. The number of amides is 3. The van der Waals surface area contributed by atoms with E-state index >= 15 is 0 Å². The molecule has 3 rings (SSSR count). The molecule has 0 radical (unpaired) electrons. The van der Waals surface area contributed by atoms with Gasteiger partial charge in [-0.25, -0.2) is 8.42 Å². The maximum Gasteiger partial charge on any atom is 0.250 e. The lowest BCUT2D eigenvalue weighted by Gasteiger charge is -2.25. The number of thiophene rings is 1. The van der Waals surface area contributed by atoms with Gasteiger partial charge in [0.2, 0.25) is 17.7 Å². The molecule has 0 bridgehead atoms. The van der Waals surface area contributed by atoms with Gasteiger partial charge in [-0.2, -0.15) is 17.4 Å². The van der Waals surface area contributed by atoms with Crippen LogP contribution in [0.2, 0.25) is 4.34 Å². The van der Waals surface area contributed by atoms with Gasteiger partial charge < -0.3 is 20.4 Å². The van der Waals surface area contributed by atoms with E-state index in [0.717, 1.165) is 20.5 Å². The van der Waals surface area contributed by atoms with Crippen LogP contribution >= 0.6 is 58.2 Å². The van der Waals surface area contributed by atoms with E-state index in [2.05, 4.69) is 55.9 Å². The van der Waals surface area contributed by atoms with Gasteiger partial charge in [-0.1, -0.05) is 37.6 Å². The van der Waals surface area contributed by atoms with Crippen molar-refractivity contribution in [3.63, 3.8) is 0 Å². The third-order valence-electron chi connectivity index (χ3n) is 6.28. The van der Waals surface area contributed by atoms with Gasteiger partial charge in [-0.05, 0) is 83.3 Å². The lowest BCUT2D eigenvalue weighted by Crippen LogP contribution is -2.57. The van der Waals surface area contributed by atoms with E-state index in [1.165, 1.54) is 18.4 Å². The highest BCUT2D eigenvalue weighted by atomic mass is 127. The Morgan fingerprint density at radius 2 is 1.63 bits per heavy atom. The number of carbonyl (C=O) groups is 3. The first-order valence-electron chi connectivity index (χ1n) is 13.4. The molecular formula is C28H34ClIN4O6S3. The molecule has 0 unspecified atom stereocenters. The third kappa shape index (κ3) is 11.4. The fourth-order valence-corrected chi connectivity index (χ4v) is 7.29. The highest BCUT2D eigenvalue weighted by molar-refractivity contribution is 14.1. The average Bonchev–Trinajstić information content (AvgIpc) is 3.65. The zero-order valence-corrected chi connectivity index (χ0v) is 29.0. The van der Waals surface area contributed by atoms with Crippen LogP contribution in [0.15, 0.2) is 63.4 Å². The Morgan fingerprint density at radius 1 is 0.953 bits per heavy atom. The summed E-state index contributed by atoms with van der Waals surface area (Å²) in [7, 11) is -4.06. The van der Waals surface area contributed by atoms with E-state index < -0.39 is 45.9 Å². The first kappa shape index (κ1) is 35.4. The van der Waals surface area contributed by atoms with Crippen LogP contribution in [0.3, 0.4) is 0 Å². The average molecular weight is 781 g/mol. The molecule has 0 saturated heterocycles. The predicted molar refractivity (Wildman–Crippen MR) is 179 cm³/mol. The lowest BCUT2D eigenvalue weighted by molar-refractivity contribution is -0.132. The Balaban J connectivity index is 1.80. The van der Waals surface area contributed by atoms with Crippen molar-refractivity contribution in [2.45, 2.75) is 62.0 Å². The summed E-state index contributed by atoms with van der Waals surface area (Å²) in [5, 5.41) is 8.10. The molecule has 0 aliphatic rings. The van der Waals surface area contributed by atoms with Crippen molar-refractivity contribution in [1.29, 1.82) is 0 Å². The number of furan rings is 1. The molecule has 2 aromatic heterocycles. The standard InChI is InChI=1S/C28H34ClIN4O6S3/c1-17(2)5-10-21(34-43(38,39)25-12-11-24(29)42-25)27(36)32-22(14-18-6-8-19(30)9-7-18)28(37)33-23(16-41)26(35)31-15-20-4-3-13-40-20/h3-4,6-9,11-13,17,21-23,34,41H,5,10,14-16H2,1-2H3,(H,31,35)(H,32,36)(H,33,37)/t21-,22-,23-/m0/s1. The molecule has 10 nitrogen and oxygen atoms in total. The van der Waals surface area contributed by atoms with Gasteiger partial charge in [-0.15, -0.1) is 11.3 Å². The molecule has 234 valence electrons. The Morgan fingerprint density at radius 3 is 2.21 bits per heavy atom. The van der Waals surface area contributed by atoms with Gasteiger partial charge in [0.15, 0.2) is 0 Å². The molecule has 4 N–H and O–H groups in total. The van der Waals surface area contributed by atoms with Crippen LogP contribution in [0, 0.1) is 9.49 Å². The fraction of sp³-hybridized carbons (Fsp3) is 0.393. The molecule has 3 atom stereocenters. The monoisotopic (exact) mass is 780 g/mol. The first-order chi connectivity index (χ1) is 20.4. The summed E-state index contributed by atoms with van der Waals surface area (Å²) >= 11 is 13.2. The summed E-state index contributed by atoms with van der Waals surface area (Å²) in [4.78, 5) is 40.0. The molecule has 3 amide bonds. The molecule has 2 heterocycles. The zero-order valence-electron chi connectivity index (χ0n) is 23.5. The first-order valence-corrected chi connectivity index (χ1v) is 17.8. The third-order valence-corrected chi connectivity index (χ3v) is 10.6. The number of nitrogens with one attached hydrogen (secondary N) is 4. The topological polar surface area (TPSA) is 147 Å². The number of carbonyl (C=O) groups excluding carboxylic acids is 3. The predicted octanol–water partition coefficient (Wildman–Crippen LogP) is 4.14. The molecule has 1 aromatic carbocycles. The number of halogens is 2. The number of rotatable bonds is 16. The smallest absolute Gasteiger partial charge is 0.250 e. The number of thiol groups is 1. The largest absolute Gasteiger partial charge is 0.467 e. The summed E-state index contributed by atoms with van der Waals surface area (Å²) in [5.41, 5.74) is 0.762. The highest BCUT2D eigenvalue weighted by Gasteiger charge is 2.31. The molecule has 43 heavy (non-hydrogen) atoms. The summed E-state index contributed by atoms with van der Waals surface area (Å²) in [5.74, 6) is -1.02. The van der Waals surface area contributed by atoms with Crippen molar-refractivity contribution in [3.8, 4) is 0 Å². The Hall–Kier alpha value is -2.11. The van der Waals surface area contributed by atoms with Gasteiger partial charge in [-0.3, -0.25) is 14.4 Å². The van der Waals surface area contributed by atoms with E-state index in [1.807, 2.05) is 38.1 Å². The second kappa shape index (κ2) is 16.8. The normalized spacial score (nSPS) is 13.7. The molecule has 0 fully saturated rings. The maximum absolute atomic E-state index is 13.6. The van der Waals surface area contributed by atoms with Crippen LogP contribution in [-0.2, 0) is 37.4 Å². The minimum Gasteiger partial charge on any atom is -0.467 e. The van der Waals surface area contributed by atoms with Gasteiger partial charge in [0.05, 0.1) is 17.1 Å². The van der Waals surface area contributed by atoms with E-state index in [0.29, 0.717) is 16.5 Å². The van der Waals surface area contributed by atoms with Crippen molar-refractivity contribution in [1.82, 2.24) is 20.7 Å². The van der Waals surface area contributed by atoms with Crippen LogP contribution in [0.25, 0.3) is 0 Å². The molecule has 0 aliphatic heterocycles. The lowest BCUT2D eigenvalue weighted by atomic mass is 10.0. The van der Waals surface area contributed by atoms with Crippen molar-refractivity contribution >= 4 is 85.9 Å². The fourth-order valence-electron chi connectivity index (χ4n) is 3.95. The minimum absolute atomic E-state index is 0.000112. The maximum atomic E-state index is 13.6. The number of hydrogen-bond donors (Lipinski definition) is 5. The van der Waals surface area contributed by atoms with Gasteiger partial charge in [0.1, 0.15) is 28.1 Å². The summed E-state index contributed by atoms with van der Waals surface area (Å²) in [6, 6.07) is 10.4. The van der Waals surface area contributed by atoms with E-state index in [4.69, 9.17) is 16.0 Å². The molecule has 0 saturated carbocycles. The van der Waals surface area contributed by atoms with E-state index in [1.54, 1.807) is 12.1 Å². The molecule has 0 spiro atoms. The van der Waals surface area contributed by atoms with Crippen molar-refractivity contribution in [2.24, 2.45) is 5.92 Å². The summed E-state index contributed by atoms with van der Waals surface area (Å²) in [6.07, 6.45) is 2.35. The number of benzene rings is 1. The Labute approximate surface area is 279 Å². The second-order valence-corrected chi connectivity index (χ2v) is 15.4. The van der Waals surface area contributed by atoms with Crippen molar-refractivity contribution in [2.75, 3.05) is 5.75 Å². The molecule has 15 heteroatoms. The van der Waals surface area contributed by atoms with Crippen LogP contribution in [0.1, 0.15) is 38.0 Å². The molecule has 3 aromatic rings. The quantitative estimate of drug-likeness (QED) is 0.109. The Bertz CT molecular complexity index is 1470. The molecular weight excluding hydrogens is 747 g/mol. The van der Waals surface area contributed by atoms with Crippen LogP contribution < -0.4 is 20.7 Å².